The van der Waals surface area contributed by atoms with Gasteiger partial charge in [-0.25, -0.2) is 0 Å². The molecule has 60 heavy (non-hydrogen) atoms. The maximum atomic E-state index is 13.2. The molecule has 0 aromatic heterocycles. The van der Waals surface area contributed by atoms with Gasteiger partial charge in [-0.05, 0) is 51.4 Å². The molecule has 0 aliphatic carbocycles. The van der Waals surface area contributed by atoms with Gasteiger partial charge in [0.05, 0.1) is 25.2 Å². The molecule has 0 aliphatic heterocycles. The van der Waals surface area contributed by atoms with Crippen molar-refractivity contribution in [3.05, 3.63) is 12.2 Å². The van der Waals surface area contributed by atoms with Gasteiger partial charge in [0.2, 0.25) is 5.91 Å². The molecular formula is C54H105NO5. The number of carbonyl (C=O) groups excluding carboxylic acids is 2. The van der Waals surface area contributed by atoms with Gasteiger partial charge in [-0.15, -0.1) is 0 Å². The Morgan fingerprint density at radius 2 is 0.800 bits per heavy atom. The lowest BCUT2D eigenvalue weighted by molar-refractivity contribution is -0.151. The largest absolute Gasteiger partial charge is 0.462 e. The third kappa shape index (κ3) is 43.3. The van der Waals surface area contributed by atoms with E-state index in [2.05, 4.69) is 38.2 Å². The summed E-state index contributed by atoms with van der Waals surface area (Å²) in [5.41, 5.74) is 0. The maximum absolute atomic E-state index is 13.2. The number of amides is 1. The van der Waals surface area contributed by atoms with Crippen molar-refractivity contribution in [3.63, 3.8) is 0 Å². The summed E-state index contributed by atoms with van der Waals surface area (Å²) in [6, 6.07) is -0.696. The molecule has 3 atom stereocenters. The van der Waals surface area contributed by atoms with Crippen molar-refractivity contribution in [2.75, 3.05) is 6.61 Å². The average Bonchev–Trinajstić information content (AvgIpc) is 3.24. The van der Waals surface area contributed by atoms with Crippen molar-refractivity contribution in [1.82, 2.24) is 5.32 Å². The number of aliphatic hydroxyl groups excluding tert-OH is 2. The number of unbranched alkanes of at least 4 members (excludes halogenated alkanes) is 35. The van der Waals surface area contributed by atoms with Crippen molar-refractivity contribution in [2.45, 2.75) is 315 Å². The minimum Gasteiger partial charge on any atom is -0.462 e. The van der Waals surface area contributed by atoms with Gasteiger partial charge in [-0.2, -0.15) is 0 Å². The predicted molar refractivity (Wildman–Crippen MR) is 260 cm³/mol. The lowest BCUT2D eigenvalue weighted by atomic mass is 10.0. The van der Waals surface area contributed by atoms with Crippen LogP contribution in [-0.2, 0) is 14.3 Å². The van der Waals surface area contributed by atoms with Crippen LogP contribution in [0.2, 0.25) is 0 Å². The van der Waals surface area contributed by atoms with Crippen molar-refractivity contribution in [2.24, 2.45) is 0 Å². The summed E-state index contributed by atoms with van der Waals surface area (Å²) in [6.45, 7) is 6.49. The lowest BCUT2D eigenvalue weighted by Gasteiger charge is -2.24. The maximum Gasteiger partial charge on any atom is 0.306 e. The number of ether oxygens (including phenoxy) is 1. The summed E-state index contributed by atoms with van der Waals surface area (Å²) in [6.07, 6.45) is 54.2. The fraction of sp³-hybridized carbons (Fsp3) is 0.926. The molecule has 0 aliphatic rings. The Balaban J connectivity index is 4.40. The van der Waals surface area contributed by atoms with Gasteiger partial charge in [0, 0.05) is 6.42 Å². The highest BCUT2D eigenvalue weighted by Gasteiger charge is 2.24. The first kappa shape index (κ1) is 58.6. The molecule has 0 saturated heterocycles. The SMILES string of the molecule is CCCCCCCCCCC/C=C/CCCCCCCC(=O)OC(CCCCCCCCCCC)CC(=O)NC(CO)C(O)CCCCCCCCCCCCCCCC. The minimum absolute atomic E-state index is 0.0808. The molecule has 0 radical (unpaired) electrons. The molecule has 0 spiro atoms. The quantitative estimate of drug-likeness (QED) is 0.0322. The molecule has 0 heterocycles. The van der Waals surface area contributed by atoms with E-state index in [0.29, 0.717) is 19.3 Å². The molecule has 3 unspecified atom stereocenters. The molecular weight excluding hydrogens is 743 g/mol. The number of hydrogen-bond donors (Lipinski definition) is 3. The summed E-state index contributed by atoms with van der Waals surface area (Å²) >= 11 is 0. The smallest absolute Gasteiger partial charge is 0.306 e. The number of esters is 1. The number of carbonyl (C=O) groups is 2. The second-order valence-corrected chi connectivity index (χ2v) is 18.6. The summed E-state index contributed by atoms with van der Waals surface area (Å²) in [7, 11) is 0. The van der Waals surface area contributed by atoms with Gasteiger partial charge in [0.25, 0.3) is 0 Å². The first-order chi connectivity index (χ1) is 29.5. The molecule has 0 rings (SSSR count). The number of allylic oxidation sites excluding steroid dienone is 2. The zero-order chi connectivity index (χ0) is 43.8. The van der Waals surface area contributed by atoms with E-state index in [-0.39, 0.29) is 24.9 Å². The van der Waals surface area contributed by atoms with Gasteiger partial charge in [-0.1, -0.05) is 245 Å². The zero-order valence-electron chi connectivity index (χ0n) is 40.6. The van der Waals surface area contributed by atoms with Crippen LogP contribution in [0, 0.1) is 0 Å². The lowest BCUT2D eigenvalue weighted by Crippen LogP contribution is -2.46. The fourth-order valence-corrected chi connectivity index (χ4v) is 8.49. The van der Waals surface area contributed by atoms with Crippen molar-refractivity contribution in [3.8, 4) is 0 Å². The van der Waals surface area contributed by atoms with Crippen molar-refractivity contribution < 1.29 is 24.5 Å². The van der Waals surface area contributed by atoms with Crippen molar-refractivity contribution >= 4 is 11.9 Å². The Morgan fingerprint density at radius 3 is 1.18 bits per heavy atom. The van der Waals surface area contributed by atoms with E-state index in [1.165, 1.54) is 199 Å². The van der Waals surface area contributed by atoms with E-state index in [1.807, 2.05) is 0 Å². The first-order valence-corrected chi connectivity index (χ1v) is 26.9. The second-order valence-electron chi connectivity index (χ2n) is 18.6. The van der Waals surface area contributed by atoms with Crippen LogP contribution in [0.15, 0.2) is 12.2 Å². The zero-order valence-corrected chi connectivity index (χ0v) is 40.6. The normalized spacial score (nSPS) is 13.2. The molecule has 3 N–H and O–H groups in total. The van der Waals surface area contributed by atoms with Crippen LogP contribution in [0.4, 0.5) is 0 Å². The van der Waals surface area contributed by atoms with Gasteiger partial charge < -0.3 is 20.3 Å². The third-order valence-corrected chi connectivity index (χ3v) is 12.6. The molecule has 0 bridgehead atoms. The van der Waals surface area contributed by atoms with E-state index in [1.54, 1.807) is 0 Å². The molecule has 0 fully saturated rings. The minimum atomic E-state index is -0.782. The van der Waals surface area contributed by atoms with Gasteiger partial charge >= 0.3 is 5.97 Å². The van der Waals surface area contributed by atoms with E-state index in [9.17, 15) is 19.8 Å². The van der Waals surface area contributed by atoms with Gasteiger partial charge in [0.15, 0.2) is 0 Å². The Kier molecular flexibility index (Phi) is 47.5. The Labute approximate surface area is 374 Å². The highest BCUT2D eigenvalue weighted by Crippen LogP contribution is 2.18. The second kappa shape index (κ2) is 48.6. The molecule has 6 nitrogen and oxygen atoms in total. The monoisotopic (exact) mass is 848 g/mol. The summed E-state index contributed by atoms with van der Waals surface area (Å²) in [4.78, 5) is 26.1. The fourth-order valence-electron chi connectivity index (χ4n) is 8.49. The Bertz CT molecular complexity index is 909. The highest BCUT2D eigenvalue weighted by molar-refractivity contribution is 5.77. The molecule has 0 aromatic carbocycles. The van der Waals surface area contributed by atoms with Gasteiger partial charge in [0.1, 0.15) is 6.10 Å². The van der Waals surface area contributed by atoms with Crippen molar-refractivity contribution in [1.29, 1.82) is 0 Å². The Morgan fingerprint density at radius 1 is 0.467 bits per heavy atom. The molecule has 6 heteroatoms. The van der Waals surface area contributed by atoms with E-state index in [4.69, 9.17) is 4.74 Å². The third-order valence-electron chi connectivity index (χ3n) is 12.6. The van der Waals surface area contributed by atoms with Crippen LogP contribution in [0.3, 0.4) is 0 Å². The van der Waals surface area contributed by atoms with Crippen LogP contribution in [0.5, 0.6) is 0 Å². The highest BCUT2D eigenvalue weighted by atomic mass is 16.5. The molecule has 1 amide bonds. The number of rotatable bonds is 49. The van der Waals surface area contributed by atoms with Gasteiger partial charge in [-0.3, -0.25) is 9.59 Å². The summed E-state index contributed by atoms with van der Waals surface area (Å²) < 4.78 is 5.92. The van der Waals surface area contributed by atoms with E-state index >= 15 is 0 Å². The number of nitrogens with one attached hydrogen (secondary N) is 1. The van der Waals surface area contributed by atoms with Crippen LogP contribution in [-0.4, -0.2) is 46.9 Å². The standard InChI is InChI=1S/C54H105NO5/c1-4-7-10-13-16-19-21-23-25-26-27-28-30-32-35-38-41-44-47-54(59)60-50(45-42-39-36-33-18-15-12-9-6-3)48-53(58)55-51(49-56)52(57)46-43-40-37-34-31-29-24-22-20-17-14-11-8-5-2/h27-28,50-52,56-57H,4-26,29-49H2,1-3H3,(H,55,58)/b28-27+. The van der Waals surface area contributed by atoms with Crippen LogP contribution >= 0.6 is 0 Å². The molecule has 0 saturated carbocycles. The first-order valence-electron chi connectivity index (χ1n) is 26.9. The number of aliphatic hydroxyl groups is 2. The van der Waals surface area contributed by atoms with Crippen LogP contribution in [0.1, 0.15) is 297 Å². The summed E-state index contributed by atoms with van der Waals surface area (Å²) in [5, 5.41) is 23.8. The van der Waals surface area contributed by atoms with Crippen LogP contribution < -0.4 is 5.32 Å². The molecule has 0 aromatic rings. The van der Waals surface area contributed by atoms with E-state index < -0.39 is 18.2 Å². The van der Waals surface area contributed by atoms with E-state index in [0.717, 1.165) is 51.4 Å². The van der Waals surface area contributed by atoms with Crippen LogP contribution in [0.25, 0.3) is 0 Å². The average molecular weight is 848 g/mol. The summed E-state index contributed by atoms with van der Waals surface area (Å²) in [5.74, 6) is -0.468. The molecule has 356 valence electrons. The number of hydrogen-bond acceptors (Lipinski definition) is 5. The topological polar surface area (TPSA) is 95.9 Å². The predicted octanol–water partition coefficient (Wildman–Crippen LogP) is 16.1. The Hall–Kier alpha value is -1.40.